The number of amides is 1. The molecule has 0 saturated carbocycles. The van der Waals surface area contributed by atoms with Crippen LogP contribution < -0.4 is 14.8 Å². The highest BCUT2D eigenvalue weighted by atomic mass is 32.2. The van der Waals surface area contributed by atoms with Crippen molar-refractivity contribution in [3.8, 4) is 5.75 Å². The number of carbonyl (C=O) groups is 1. The van der Waals surface area contributed by atoms with Crippen LogP contribution in [0.5, 0.6) is 5.75 Å². The Bertz CT molecular complexity index is 831. The minimum atomic E-state index is -4.42. The summed E-state index contributed by atoms with van der Waals surface area (Å²) in [5, 5.41) is 12.4. The highest BCUT2D eigenvalue weighted by molar-refractivity contribution is 8.00. The molecule has 0 aromatic heterocycles. The first kappa shape index (κ1) is 22.9. The van der Waals surface area contributed by atoms with Gasteiger partial charge in [-0.15, -0.1) is 0 Å². The number of aliphatic hydroxyl groups is 1. The maximum atomic E-state index is 12.8. The maximum absolute atomic E-state index is 12.8. The van der Waals surface area contributed by atoms with Crippen molar-refractivity contribution in [2.75, 3.05) is 16.6 Å². The van der Waals surface area contributed by atoms with Gasteiger partial charge >= 0.3 is 6.18 Å². The van der Waals surface area contributed by atoms with Crippen molar-refractivity contribution in [3.05, 3.63) is 48.0 Å². The largest absolute Gasteiger partial charge is 0.493 e. The molecule has 1 unspecified atom stereocenters. The number of hydrogen-bond acceptors (Lipinski definition) is 5. The van der Waals surface area contributed by atoms with Crippen molar-refractivity contribution in [2.24, 2.45) is 0 Å². The van der Waals surface area contributed by atoms with Gasteiger partial charge in [-0.1, -0.05) is 19.4 Å². The first-order valence-corrected chi connectivity index (χ1v) is 9.92. The van der Waals surface area contributed by atoms with E-state index in [9.17, 15) is 23.1 Å². The van der Waals surface area contributed by atoms with Gasteiger partial charge in [0.05, 0.1) is 17.1 Å². The van der Waals surface area contributed by atoms with Gasteiger partial charge < -0.3 is 19.9 Å². The Balaban J connectivity index is 2.12. The molecular formula is C20H23F3N2O3S. The van der Waals surface area contributed by atoms with E-state index in [0.29, 0.717) is 41.5 Å². The molecule has 1 atom stereocenters. The molecule has 0 aliphatic carbocycles. The van der Waals surface area contributed by atoms with Gasteiger partial charge in [-0.3, -0.25) is 4.79 Å². The fraction of sp³-hybridized carbons (Fsp3) is 0.350. The average Bonchev–Trinajstić information content (AvgIpc) is 2.67. The SMILES string of the molecule is CCCC(O)C(=O)Nc1ccc(SNc2cccc(C(F)(F)F)c2)c(OCC)c1. The van der Waals surface area contributed by atoms with Crippen LogP contribution in [0.2, 0.25) is 0 Å². The summed E-state index contributed by atoms with van der Waals surface area (Å²) in [6, 6.07) is 9.81. The number of benzene rings is 2. The number of halogens is 3. The van der Waals surface area contributed by atoms with Crippen molar-refractivity contribution in [1.82, 2.24) is 0 Å². The summed E-state index contributed by atoms with van der Waals surface area (Å²) in [5.41, 5.74) is 0.0150. The maximum Gasteiger partial charge on any atom is 0.416 e. The standard InChI is InChI=1S/C20H23F3N2O3S/c1-3-6-16(26)19(27)24-14-9-10-18(17(12-14)28-4-2)29-25-15-8-5-7-13(11-15)20(21,22)23/h5,7-12,16,25-26H,3-4,6H2,1-2H3,(H,24,27). The lowest BCUT2D eigenvalue weighted by Crippen LogP contribution is -2.27. The Morgan fingerprint density at radius 3 is 2.59 bits per heavy atom. The van der Waals surface area contributed by atoms with Crippen molar-refractivity contribution in [3.63, 3.8) is 0 Å². The Morgan fingerprint density at radius 2 is 1.93 bits per heavy atom. The van der Waals surface area contributed by atoms with Crippen LogP contribution in [-0.2, 0) is 11.0 Å². The molecule has 2 rings (SSSR count). The lowest BCUT2D eigenvalue weighted by molar-refractivity contribution is -0.137. The van der Waals surface area contributed by atoms with Gasteiger partial charge in [0, 0.05) is 17.4 Å². The molecule has 0 aliphatic rings. The molecule has 2 aromatic rings. The van der Waals surface area contributed by atoms with E-state index in [2.05, 4.69) is 10.0 Å². The summed E-state index contributed by atoms with van der Waals surface area (Å²) in [5.74, 6) is -0.0449. The second-order valence-corrected chi connectivity index (χ2v) is 7.02. The van der Waals surface area contributed by atoms with Crippen LogP contribution in [0.25, 0.3) is 0 Å². The molecule has 0 heterocycles. The Hall–Kier alpha value is -2.39. The lowest BCUT2D eigenvalue weighted by Gasteiger charge is -2.15. The topological polar surface area (TPSA) is 70.6 Å². The highest BCUT2D eigenvalue weighted by Gasteiger charge is 2.30. The zero-order valence-corrected chi connectivity index (χ0v) is 16.9. The fourth-order valence-corrected chi connectivity index (χ4v) is 3.15. The number of carbonyl (C=O) groups excluding carboxylic acids is 1. The number of hydrogen-bond donors (Lipinski definition) is 3. The van der Waals surface area contributed by atoms with Gasteiger partial charge in [0.15, 0.2) is 0 Å². The van der Waals surface area contributed by atoms with Gasteiger partial charge in [-0.25, -0.2) is 0 Å². The smallest absolute Gasteiger partial charge is 0.416 e. The third kappa shape index (κ3) is 6.86. The molecule has 0 spiro atoms. The number of aliphatic hydroxyl groups excluding tert-OH is 1. The summed E-state index contributed by atoms with van der Waals surface area (Å²) >= 11 is 1.10. The fourth-order valence-electron chi connectivity index (χ4n) is 2.44. The number of nitrogens with one attached hydrogen (secondary N) is 2. The summed E-state index contributed by atoms with van der Waals surface area (Å²) in [4.78, 5) is 12.6. The molecule has 0 aliphatic heterocycles. The van der Waals surface area contributed by atoms with Crippen LogP contribution >= 0.6 is 11.9 Å². The van der Waals surface area contributed by atoms with E-state index in [1.807, 2.05) is 6.92 Å². The number of rotatable bonds is 9. The monoisotopic (exact) mass is 428 g/mol. The highest BCUT2D eigenvalue weighted by Crippen LogP contribution is 2.35. The molecule has 29 heavy (non-hydrogen) atoms. The minimum Gasteiger partial charge on any atom is -0.493 e. The average molecular weight is 428 g/mol. The Labute approximate surface area is 171 Å². The normalized spacial score (nSPS) is 12.3. The summed E-state index contributed by atoms with van der Waals surface area (Å²) in [7, 11) is 0. The van der Waals surface area contributed by atoms with Crippen LogP contribution in [0.15, 0.2) is 47.4 Å². The van der Waals surface area contributed by atoms with Crippen LogP contribution in [0.3, 0.4) is 0 Å². The Kier molecular flexibility index (Phi) is 8.21. The predicted octanol–water partition coefficient (Wildman–Crippen LogP) is 5.32. The van der Waals surface area contributed by atoms with Crippen LogP contribution in [0.4, 0.5) is 24.5 Å². The molecule has 0 bridgehead atoms. The van der Waals surface area contributed by atoms with Crippen molar-refractivity contribution >= 4 is 29.2 Å². The van der Waals surface area contributed by atoms with Gasteiger partial charge in [-0.2, -0.15) is 13.2 Å². The van der Waals surface area contributed by atoms with E-state index in [1.165, 1.54) is 12.1 Å². The third-order valence-corrected chi connectivity index (χ3v) is 4.74. The zero-order chi connectivity index (χ0) is 21.4. The molecule has 2 aromatic carbocycles. The molecule has 158 valence electrons. The molecular weight excluding hydrogens is 405 g/mol. The lowest BCUT2D eigenvalue weighted by atomic mass is 10.2. The minimum absolute atomic E-state index is 0.298. The number of alkyl halides is 3. The van der Waals surface area contributed by atoms with Gasteiger partial charge in [0.1, 0.15) is 11.9 Å². The first-order chi connectivity index (χ1) is 13.7. The predicted molar refractivity (Wildman–Crippen MR) is 108 cm³/mol. The Morgan fingerprint density at radius 1 is 1.17 bits per heavy atom. The molecule has 0 fully saturated rings. The molecule has 3 N–H and O–H groups in total. The van der Waals surface area contributed by atoms with Gasteiger partial charge in [0.25, 0.3) is 5.91 Å². The van der Waals surface area contributed by atoms with Gasteiger partial charge in [0.2, 0.25) is 0 Å². The molecule has 0 saturated heterocycles. The van der Waals surface area contributed by atoms with Crippen molar-refractivity contribution in [2.45, 2.75) is 43.9 Å². The van der Waals surface area contributed by atoms with E-state index in [0.717, 1.165) is 24.1 Å². The molecule has 0 radical (unpaired) electrons. The first-order valence-electron chi connectivity index (χ1n) is 9.10. The number of anilines is 2. The van der Waals surface area contributed by atoms with Crippen molar-refractivity contribution in [1.29, 1.82) is 0 Å². The molecule has 9 heteroatoms. The van der Waals surface area contributed by atoms with Gasteiger partial charge in [-0.05, 0) is 55.6 Å². The second kappa shape index (κ2) is 10.4. The number of ether oxygens (including phenoxy) is 1. The quantitative estimate of drug-likeness (QED) is 0.472. The summed E-state index contributed by atoms with van der Waals surface area (Å²) in [6.45, 7) is 4.03. The molecule has 1 amide bonds. The van der Waals surface area contributed by atoms with Crippen LogP contribution in [0, 0.1) is 0 Å². The van der Waals surface area contributed by atoms with E-state index in [4.69, 9.17) is 4.74 Å². The van der Waals surface area contributed by atoms with E-state index in [1.54, 1.807) is 25.1 Å². The van der Waals surface area contributed by atoms with E-state index >= 15 is 0 Å². The van der Waals surface area contributed by atoms with E-state index in [-0.39, 0.29) is 0 Å². The summed E-state index contributed by atoms with van der Waals surface area (Å²) < 4.78 is 47.0. The van der Waals surface area contributed by atoms with E-state index < -0.39 is 23.8 Å². The zero-order valence-electron chi connectivity index (χ0n) is 16.0. The second-order valence-electron chi connectivity index (χ2n) is 6.17. The molecule has 5 nitrogen and oxygen atoms in total. The van der Waals surface area contributed by atoms with Crippen LogP contribution in [0.1, 0.15) is 32.3 Å². The third-order valence-electron chi connectivity index (χ3n) is 3.84. The van der Waals surface area contributed by atoms with Crippen molar-refractivity contribution < 1.29 is 27.8 Å². The summed E-state index contributed by atoms with van der Waals surface area (Å²) in [6.07, 6.45) is -4.47. The van der Waals surface area contributed by atoms with Crippen LogP contribution in [-0.4, -0.2) is 23.7 Å².